The third kappa shape index (κ3) is 5.33. The molecular formula is C50H33NS. The van der Waals surface area contributed by atoms with Gasteiger partial charge in [-0.05, 0) is 104 Å². The number of hydrogen-bond donors (Lipinski definition) is 0. The second-order valence-corrected chi connectivity index (χ2v) is 14.4. The highest BCUT2D eigenvalue weighted by Gasteiger charge is 2.18. The quantitative estimate of drug-likeness (QED) is 0.169. The van der Waals surface area contributed by atoms with Crippen LogP contribution in [0.15, 0.2) is 200 Å². The number of nitrogens with zero attached hydrogens (tertiary/aromatic N) is 1. The Labute approximate surface area is 307 Å². The summed E-state index contributed by atoms with van der Waals surface area (Å²) in [6, 6.07) is 72.9. The average Bonchev–Trinajstić information content (AvgIpc) is 3.61. The summed E-state index contributed by atoms with van der Waals surface area (Å²) in [6.07, 6.45) is 0. The third-order valence-corrected chi connectivity index (χ3v) is 11.4. The zero-order valence-corrected chi connectivity index (χ0v) is 29.2. The fourth-order valence-corrected chi connectivity index (χ4v) is 8.79. The molecule has 0 radical (unpaired) electrons. The highest BCUT2D eigenvalue weighted by atomic mass is 32.1. The van der Waals surface area contributed by atoms with E-state index < -0.39 is 0 Å². The van der Waals surface area contributed by atoms with E-state index in [0.29, 0.717) is 0 Å². The molecule has 10 rings (SSSR count). The molecule has 0 spiro atoms. The summed E-state index contributed by atoms with van der Waals surface area (Å²) in [6.45, 7) is 0. The molecule has 0 aliphatic carbocycles. The molecule has 1 aromatic heterocycles. The summed E-state index contributed by atoms with van der Waals surface area (Å²) < 4.78 is 2.68. The van der Waals surface area contributed by atoms with Gasteiger partial charge in [-0.15, -0.1) is 11.3 Å². The molecule has 0 amide bonds. The van der Waals surface area contributed by atoms with Crippen molar-refractivity contribution in [3.63, 3.8) is 0 Å². The van der Waals surface area contributed by atoms with Crippen molar-refractivity contribution in [1.82, 2.24) is 0 Å². The van der Waals surface area contributed by atoms with Crippen molar-refractivity contribution in [2.75, 3.05) is 4.90 Å². The van der Waals surface area contributed by atoms with Gasteiger partial charge in [0.05, 0.1) is 5.69 Å². The molecule has 10 aromatic rings. The van der Waals surface area contributed by atoms with Gasteiger partial charge in [0.15, 0.2) is 0 Å². The SMILES string of the molecule is c1ccc(-c2ccc(N(c3ccc(-c4ccc5c(ccc6sc7ccccc7c65)c4)cc3)c3ccccc3-c3ccc4ccccc4c3)cc2)cc1. The van der Waals surface area contributed by atoms with E-state index in [0.717, 1.165) is 17.1 Å². The van der Waals surface area contributed by atoms with Crippen molar-refractivity contribution in [2.45, 2.75) is 0 Å². The molecule has 2 heteroatoms. The molecule has 0 bridgehead atoms. The van der Waals surface area contributed by atoms with Gasteiger partial charge in [0, 0.05) is 37.1 Å². The van der Waals surface area contributed by atoms with Crippen LogP contribution in [-0.2, 0) is 0 Å². The van der Waals surface area contributed by atoms with Crippen LogP contribution in [0.2, 0.25) is 0 Å². The molecule has 0 aliphatic heterocycles. The lowest BCUT2D eigenvalue weighted by atomic mass is 9.97. The molecule has 0 saturated heterocycles. The van der Waals surface area contributed by atoms with Crippen LogP contribution >= 0.6 is 11.3 Å². The Hall–Kier alpha value is -6.48. The minimum Gasteiger partial charge on any atom is -0.310 e. The van der Waals surface area contributed by atoms with Crippen LogP contribution in [0.1, 0.15) is 0 Å². The number of para-hydroxylation sites is 1. The molecule has 1 nitrogen and oxygen atoms in total. The first-order valence-corrected chi connectivity index (χ1v) is 18.6. The smallest absolute Gasteiger partial charge is 0.0540 e. The molecule has 0 N–H and O–H groups in total. The van der Waals surface area contributed by atoms with Crippen LogP contribution in [0.3, 0.4) is 0 Å². The lowest BCUT2D eigenvalue weighted by molar-refractivity contribution is 1.28. The predicted octanol–water partition coefficient (Wildman–Crippen LogP) is 14.8. The maximum atomic E-state index is 2.39. The summed E-state index contributed by atoms with van der Waals surface area (Å²) in [4.78, 5) is 2.39. The second kappa shape index (κ2) is 12.7. The standard InChI is InChI=1S/C50H33NS/c1-2-10-34(11-3-1)36-20-26-42(27-21-36)51(47-16-8-6-14-44(47)40-19-18-35-12-4-5-13-38(35)32-40)43-28-22-37(23-29-43)39-24-30-45-41(33-39)25-31-49-50(45)46-15-7-9-17-48(46)52-49/h1-33H. The van der Waals surface area contributed by atoms with E-state index in [1.54, 1.807) is 0 Å². The maximum Gasteiger partial charge on any atom is 0.0540 e. The van der Waals surface area contributed by atoms with Gasteiger partial charge >= 0.3 is 0 Å². The second-order valence-electron chi connectivity index (χ2n) is 13.3. The largest absolute Gasteiger partial charge is 0.310 e. The number of hydrogen-bond acceptors (Lipinski definition) is 2. The minimum absolute atomic E-state index is 1.11. The lowest BCUT2D eigenvalue weighted by Gasteiger charge is -2.28. The van der Waals surface area contributed by atoms with Crippen molar-refractivity contribution in [3.8, 4) is 33.4 Å². The van der Waals surface area contributed by atoms with E-state index in [9.17, 15) is 0 Å². The van der Waals surface area contributed by atoms with Gasteiger partial charge in [0.25, 0.3) is 0 Å². The van der Waals surface area contributed by atoms with Gasteiger partial charge in [-0.2, -0.15) is 0 Å². The number of thiophene rings is 1. The van der Waals surface area contributed by atoms with Crippen LogP contribution in [0.5, 0.6) is 0 Å². The van der Waals surface area contributed by atoms with E-state index in [2.05, 4.69) is 205 Å². The van der Waals surface area contributed by atoms with Crippen molar-refractivity contribution in [3.05, 3.63) is 200 Å². The zero-order chi connectivity index (χ0) is 34.4. The van der Waals surface area contributed by atoms with Gasteiger partial charge in [-0.1, -0.05) is 146 Å². The van der Waals surface area contributed by atoms with Crippen LogP contribution in [0.4, 0.5) is 17.1 Å². The topological polar surface area (TPSA) is 3.24 Å². The van der Waals surface area contributed by atoms with Gasteiger partial charge < -0.3 is 4.90 Å². The summed E-state index contributed by atoms with van der Waals surface area (Å²) in [5.74, 6) is 0. The maximum absolute atomic E-state index is 2.39. The first-order valence-electron chi connectivity index (χ1n) is 17.8. The Bertz CT molecular complexity index is 2890. The van der Waals surface area contributed by atoms with Crippen molar-refractivity contribution in [1.29, 1.82) is 0 Å². The molecule has 9 aromatic carbocycles. The van der Waals surface area contributed by atoms with E-state index in [-0.39, 0.29) is 0 Å². The summed E-state index contributed by atoms with van der Waals surface area (Å²) in [7, 11) is 0. The molecule has 0 aliphatic rings. The molecule has 0 saturated carbocycles. The molecule has 0 fully saturated rings. The fraction of sp³-hybridized carbons (Fsp3) is 0. The number of anilines is 3. The predicted molar refractivity (Wildman–Crippen MR) is 225 cm³/mol. The molecule has 0 atom stereocenters. The first-order chi connectivity index (χ1) is 25.8. The van der Waals surface area contributed by atoms with Crippen molar-refractivity contribution >= 4 is 70.1 Å². The van der Waals surface area contributed by atoms with Gasteiger partial charge in [-0.25, -0.2) is 0 Å². The summed E-state index contributed by atoms with van der Waals surface area (Å²) in [5.41, 5.74) is 10.6. The Morgan fingerprint density at radius 2 is 0.904 bits per heavy atom. The van der Waals surface area contributed by atoms with Crippen LogP contribution in [-0.4, -0.2) is 0 Å². The number of benzene rings is 9. The Morgan fingerprint density at radius 3 is 1.71 bits per heavy atom. The monoisotopic (exact) mass is 679 g/mol. The van der Waals surface area contributed by atoms with E-state index in [4.69, 9.17) is 0 Å². The van der Waals surface area contributed by atoms with Crippen molar-refractivity contribution in [2.24, 2.45) is 0 Å². The minimum atomic E-state index is 1.11. The average molecular weight is 680 g/mol. The van der Waals surface area contributed by atoms with Gasteiger partial charge in [0.2, 0.25) is 0 Å². The van der Waals surface area contributed by atoms with Gasteiger partial charge in [-0.3, -0.25) is 0 Å². The van der Waals surface area contributed by atoms with Crippen molar-refractivity contribution < 1.29 is 0 Å². The summed E-state index contributed by atoms with van der Waals surface area (Å²) >= 11 is 1.87. The van der Waals surface area contributed by atoms with E-state index in [1.165, 1.54) is 75.1 Å². The molecule has 1 heterocycles. The molecular weight excluding hydrogens is 647 g/mol. The van der Waals surface area contributed by atoms with Crippen LogP contribution < -0.4 is 4.90 Å². The molecule has 52 heavy (non-hydrogen) atoms. The lowest BCUT2D eigenvalue weighted by Crippen LogP contribution is -2.11. The number of rotatable bonds is 6. The molecule has 0 unspecified atom stereocenters. The molecule has 244 valence electrons. The Kier molecular flexibility index (Phi) is 7.41. The third-order valence-electron chi connectivity index (χ3n) is 10.3. The van der Waals surface area contributed by atoms with Gasteiger partial charge in [0.1, 0.15) is 0 Å². The fourth-order valence-electron chi connectivity index (χ4n) is 7.67. The first kappa shape index (κ1) is 30.4. The normalized spacial score (nSPS) is 11.5. The van der Waals surface area contributed by atoms with Crippen LogP contribution in [0.25, 0.3) is 75.1 Å². The van der Waals surface area contributed by atoms with Crippen LogP contribution in [0, 0.1) is 0 Å². The van der Waals surface area contributed by atoms with E-state index in [1.807, 2.05) is 11.3 Å². The Balaban J connectivity index is 1.07. The zero-order valence-electron chi connectivity index (χ0n) is 28.4. The van der Waals surface area contributed by atoms with E-state index >= 15 is 0 Å². The highest BCUT2D eigenvalue weighted by molar-refractivity contribution is 7.26. The Morgan fingerprint density at radius 1 is 0.327 bits per heavy atom. The summed E-state index contributed by atoms with van der Waals surface area (Å²) in [5, 5.41) is 7.76. The number of fused-ring (bicyclic) bond motifs is 6. The highest BCUT2D eigenvalue weighted by Crippen LogP contribution is 2.43.